The van der Waals surface area contributed by atoms with Gasteiger partial charge in [0.2, 0.25) is 0 Å². The number of aliphatic imine (C=N–C) groups is 1. The number of methoxy groups -OCH3 is 1. The highest BCUT2D eigenvalue weighted by Gasteiger charge is 2.28. The van der Waals surface area contributed by atoms with Crippen LogP contribution >= 0.6 is 11.8 Å². The van der Waals surface area contributed by atoms with Gasteiger partial charge in [0.15, 0.2) is 5.96 Å². The molecule has 0 aromatic heterocycles. The van der Waals surface area contributed by atoms with E-state index < -0.39 is 0 Å². The molecule has 0 bridgehead atoms. The third-order valence-electron chi connectivity index (χ3n) is 3.25. The van der Waals surface area contributed by atoms with Crippen molar-refractivity contribution in [3.63, 3.8) is 0 Å². The molecule has 1 atom stereocenters. The van der Waals surface area contributed by atoms with E-state index in [2.05, 4.69) is 17.2 Å². The van der Waals surface area contributed by atoms with Gasteiger partial charge in [0.05, 0.1) is 13.7 Å². The van der Waals surface area contributed by atoms with Crippen molar-refractivity contribution in [2.75, 3.05) is 24.7 Å². The second-order valence-corrected chi connectivity index (χ2v) is 6.64. The summed E-state index contributed by atoms with van der Waals surface area (Å²) in [5.74, 6) is 2.53. The van der Waals surface area contributed by atoms with E-state index in [1.54, 1.807) is 7.11 Å². The summed E-state index contributed by atoms with van der Waals surface area (Å²) in [5.41, 5.74) is 6.83. The zero-order valence-corrected chi connectivity index (χ0v) is 12.3. The molecule has 1 aromatic carbocycles. The summed E-state index contributed by atoms with van der Waals surface area (Å²) in [5, 5.41) is 3.10. The van der Waals surface area contributed by atoms with Crippen molar-refractivity contribution in [2.24, 2.45) is 10.7 Å². The molecule has 0 amide bonds. The van der Waals surface area contributed by atoms with Crippen molar-refractivity contribution in [1.82, 2.24) is 0 Å². The average Bonchev–Trinajstić information content (AvgIpc) is 2.85. The minimum atomic E-state index is 0.256. The molecule has 19 heavy (non-hydrogen) atoms. The maximum Gasteiger partial charge on any atom is 0.193 e. The van der Waals surface area contributed by atoms with Gasteiger partial charge in [0, 0.05) is 10.4 Å². The fourth-order valence-electron chi connectivity index (χ4n) is 2.08. The zero-order valence-electron chi connectivity index (χ0n) is 11.5. The highest BCUT2D eigenvalue weighted by molar-refractivity contribution is 8.00. The number of anilines is 1. The maximum absolute atomic E-state index is 5.91. The highest BCUT2D eigenvalue weighted by atomic mass is 32.2. The van der Waals surface area contributed by atoms with Gasteiger partial charge in [-0.05, 0) is 49.8 Å². The van der Waals surface area contributed by atoms with Crippen LogP contribution in [0, 0.1) is 0 Å². The van der Waals surface area contributed by atoms with Crippen LogP contribution in [-0.2, 0) is 0 Å². The largest absolute Gasteiger partial charge is 0.497 e. The number of nitrogens with zero attached hydrogens (tertiary/aromatic N) is 1. The van der Waals surface area contributed by atoms with E-state index in [0.717, 1.165) is 18.0 Å². The van der Waals surface area contributed by atoms with Gasteiger partial charge in [-0.1, -0.05) is 0 Å². The van der Waals surface area contributed by atoms with Crippen LogP contribution in [-0.4, -0.2) is 30.1 Å². The van der Waals surface area contributed by atoms with E-state index in [1.807, 2.05) is 36.0 Å². The number of guanidine groups is 1. The number of nitrogens with two attached hydrogens (primary N) is 1. The van der Waals surface area contributed by atoms with Gasteiger partial charge >= 0.3 is 0 Å². The predicted molar refractivity (Wildman–Crippen MR) is 83.2 cm³/mol. The van der Waals surface area contributed by atoms with E-state index in [9.17, 15) is 0 Å². The van der Waals surface area contributed by atoms with Crippen LogP contribution in [0.5, 0.6) is 5.75 Å². The molecule has 1 heterocycles. The van der Waals surface area contributed by atoms with Crippen molar-refractivity contribution < 1.29 is 4.74 Å². The molecule has 104 valence electrons. The lowest BCUT2D eigenvalue weighted by molar-refractivity contribution is 0.415. The van der Waals surface area contributed by atoms with Crippen LogP contribution in [0.3, 0.4) is 0 Å². The van der Waals surface area contributed by atoms with Crippen LogP contribution in [0.15, 0.2) is 29.3 Å². The first-order valence-corrected chi connectivity index (χ1v) is 7.45. The lowest BCUT2D eigenvalue weighted by Gasteiger charge is -2.19. The number of benzene rings is 1. The van der Waals surface area contributed by atoms with Crippen LogP contribution in [0.2, 0.25) is 0 Å². The molecule has 1 fully saturated rings. The number of thioether (sulfide) groups is 1. The van der Waals surface area contributed by atoms with Crippen LogP contribution < -0.4 is 15.8 Å². The number of ether oxygens (including phenoxy) is 1. The number of rotatable bonds is 4. The molecule has 0 spiro atoms. The molecule has 0 aliphatic carbocycles. The van der Waals surface area contributed by atoms with Gasteiger partial charge in [-0.2, -0.15) is 11.8 Å². The average molecular weight is 279 g/mol. The Morgan fingerprint density at radius 1 is 1.47 bits per heavy atom. The summed E-state index contributed by atoms with van der Waals surface area (Å²) < 4.78 is 5.37. The van der Waals surface area contributed by atoms with Gasteiger partial charge in [-0.25, -0.2) is 0 Å². The highest BCUT2D eigenvalue weighted by Crippen LogP contribution is 2.37. The molecule has 2 rings (SSSR count). The fraction of sp³-hybridized carbons (Fsp3) is 0.500. The molecule has 1 aromatic rings. The van der Waals surface area contributed by atoms with Crippen molar-refractivity contribution in [3.05, 3.63) is 24.3 Å². The molecule has 5 heteroatoms. The Labute approximate surface area is 118 Å². The standard InChI is InChI=1S/C14H21N3OS/c1-14(8-3-9-19-14)10-16-13(15)17-11-4-6-12(18-2)7-5-11/h4-7H,3,8-10H2,1-2H3,(H3,15,16,17). The van der Waals surface area contributed by atoms with E-state index in [0.29, 0.717) is 5.96 Å². The van der Waals surface area contributed by atoms with Gasteiger partial charge in [0.25, 0.3) is 0 Å². The van der Waals surface area contributed by atoms with Crippen molar-refractivity contribution in [3.8, 4) is 5.75 Å². The summed E-state index contributed by atoms with van der Waals surface area (Å²) in [6.45, 7) is 3.03. The molecule has 1 saturated heterocycles. The Kier molecular flexibility index (Phi) is 4.58. The Morgan fingerprint density at radius 2 is 2.21 bits per heavy atom. The normalized spacial score (nSPS) is 23.4. The third-order valence-corrected chi connectivity index (χ3v) is 4.77. The summed E-state index contributed by atoms with van der Waals surface area (Å²) in [6, 6.07) is 7.63. The molecule has 1 aliphatic heterocycles. The van der Waals surface area contributed by atoms with E-state index in [1.165, 1.54) is 18.6 Å². The fourth-order valence-corrected chi connectivity index (χ4v) is 3.30. The Hall–Kier alpha value is -1.36. The Morgan fingerprint density at radius 3 is 2.79 bits per heavy atom. The smallest absolute Gasteiger partial charge is 0.193 e. The monoisotopic (exact) mass is 279 g/mol. The van der Waals surface area contributed by atoms with Gasteiger partial charge in [0.1, 0.15) is 5.75 Å². The van der Waals surface area contributed by atoms with Crippen molar-refractivity contribution >= 4 is 23.4 Å². The first-order valence-electron chi connectivity index (χ1n) is 6.46. The van der Waals surface area contributed by atoms with Gasteiger partial charge < -0.3 is 15.8 Å². The van der Waals surface area contributed by atoms with Crippen LogP contribution in [0.4, 0.5) is 5.69 Å². The van der Waals surface area contributed by atoms with Crippen LogP contribution in [0.1, 0.15) is 19.8 Å². The third kappa shape index (κ3) is 4.06. The second-order valence-electron chi connectivity index (χ2n) is 4.96. The molecule has 3 N–H and O–H groups in total. The van der Waals surface area contributed by atoms with Crippen molar-refractivity contribution in [1.29, 1.82) is 0 Å². The van der Waals surface area contributed by atoms with E-state index in [4.69, 9.17) is 10.5 Å². The topological polar surface area (TPSA) is 59.6 Å². The molecule has 4 nitrogen and oxygen atoms in total. The molecular weight excluding hydrogens is 258 g/mol. The van der Waals surface area contributed by atoms with Crippen molar-refractivity contribution in [2.45, 2.75) is 24.5 Å². The molecule has 1 unspecified atom stereocenters. The maximum atomic E-state index is 5.91. The zero-order chi connectivity index (χ0) is 13.7. The second kappa shape index (κ2) is 6.19. The van der Waals surface area contributed by atoms with E-state index >= 15 is 0 Å². The first kappa shape index (κ1) is 14.1. The number of nitrogens with one attached hydrogen (secondary N) is 1. The summed E-state index contributed by atoms with van der Waals surface area (Å²) in [6.07, 6.45) is 2.50. The lowest BCUT2D eigenvalue weighted by Crippen LogP contribution is -2.27. The number of hydrogen-bond acceptors (Lipinski definition) is 3. The summed E-state index contributed by atoms with van der Waals surface area (Å²) in [7, 11) is 1.65. The van der Waals surface area contributed by atoms with Crippen LogP contribution in [0.25, 0.3) is 0 Å². The Bertz CT molecular complexity index is 439. The lowest BCUT2D eigenvalue weighted by atomic mass is 10.1. The molecular formula is C14H21N3OS. The Balaban J connectivity index is 1.90. The first-order chi connectivity index (χ1) is 9.11. The quantitative estimate of drug-likeness (QED) is 0.657. The minimum absolute atomic E-state index is 0.256. The molecule has 0 radical (unpaired) electrons. The molecule has 1 aliphatic rings. The van der Waals surface area contributed by atoms with Gasteiger partial charge in [-0.15, -0.1) is 0 Å². The SMILES string of the molecule is COc1ccc(NC(N)=NCC2(C)CCCS2)cc1. The summed E-state index contributed by atoms with van der Waals surface area (Å²) in [4.78, 5) is 4.45. The molecule has 0 saturated carbocycles. The van der Waals surface area contributed by atoms with Gasteiger partial charge in [-0.3, -0.25) is 4.99 Å². The predicted octanol–water partition coefficient (Wildman–Crippen LogP) is 2.71. The summed E-state index contributed by atoms with van der Waals surface area (Å²) >= 11 is 1.99. The van der Waals surface area contributed by atoms with E-state index in [-0.39, 0.29) is 4.75 Å². The minimum Gasteiger partial charge on any atom is -0.497 e. The number of hydrogen-bond donors (Lipinski definition) is 2.